The molecule has 7 nitrogen and oxygen atoms in total. The number of nitrogens with one attached hydrogen (secondary N) is 1. The third-order valence-corrected chi connectivity index (χ3v) is 5.29. The highest BCUT2D eigenvalue weighted by Crippen LogP contribution is 2.30. The van der Waals surface area contributed by atoms with Crippen molar-refractivity contribution < 1.29 is 14.6 Å². The summed E-state index contributed by atoms with van der Waals surface area (Å²) in [6.45, 7) is 6.88. The SMILES string of the molecule is C=CC(=O)Oc1cnc(NC2CCN(CC3CCCC(CO)C3)C2)cn1. The van der Waals surface area contributed by atoms with Crippen LogP contribution in [0.5, 0.6) is 5.88 Å². The van der Waals surface area contributed by atoms with Crippen molar-refractivity contribution in [2.24, 2.45) is 11.8 Å². The van der Waals surface area contributed by atoms with Gasteiger partial charge in [-0.1, -0.05) is 13.0 Å². The number of likely N-dealkylation sites (tertiary alicyclic amines) is 1. The Hall–Kier alpha value is -1.99. The van der Waals surface area contributed by atoms with Crippen molar-refractivity contribution in [2.75, 3.05) is 31.6 Å². The van der Waals surface area contributed by atoms with Crippen LogP contribution in [0.3, 0.4) is 0 Å². The van der Waals surface area contributed by atoms with Gasteiger partial charge < -0.3 is 20.1 Å². The van der Waals surface area contributed by atoms with E-state index < -0.39 is 5.97 Å². The van der Waals surface area contributed by atoms with Crippen molar-refractivity contribution in [3.8, 4) is 5.88 Å². The lowest BCUT2D eigenvalue weighted by Crippen LogP contribution is -2.33. The minimum Gasteiger partial charge on any atom is -0.403 e. The number of hydrogen-bond donors (Lipinski definition) is 2. The van der Waals surface area contributed by atoms with Crippen molar-refractivity contribution in [1.82, 2.24) is 14.9 Å². The van der Waals surface area contributed by atoms with Crippen LogP contribution in [0, 0.1) is 11.8 Å². The molecule has 26 heavy (non-hydrogen) atoms. The third kappa shape index (κ3) is 5.25. The van der Waals surface area contributed by atoms with Crippen LogP contribution in [0.25, 0.3) is 0 Å². The third-order valence-electron chi connectivity index (χ3n) is 5.29. The number of esters is 1. The van der Waals surface area contributed by atoms with Crippen molar-refractivity contribution in [3.05, 3.63) is 25.0 Å². The van der Waals surface area contributed by atoms with E-state index in [9.17, 15) is 9.90 Å². The van der Waals surface area contributed by atoms with Crippen molar-refractivity contribution in [3.63, 3.8) is 0 Å². The molecule has 0 spiro atoms. The van der Waals surface area contributed by atoms with E-state index in [1.54, 1.807) is 6.20 Å². The van der Waals surface area contributed by atoms with Gasteiger partial charge in [0, 0.05) is 38.4 Å². The molecule has 7 heteroatoms. The molecule has 2 aliphatic rings. The van der Waals surface area contributed by atoms with Gasteiger partial charge in [0.05, 0.1) is 12.4 Å². The van der Waals surface area contributed by atoms with Crippen LogP contribution < -0.4 is 10.1 Å². The molecule has 1 aliphatic carbocycles. The van der Waals surface area contributed by atoms with Gasteiger partial charge in [-0.3, -0.25) is 0 Å². The Bertz CT molecular complexity index is 607. The molecule has 1 aromatic rings. The molecule has 2 fully saturated rings. The number of hydrogen-bond acceptors (Lipinski definition) is 7. The first kappa shape index (κ1) is 18.8. The molecule has 2 N–H and O–H groups in total. The van der Waals surface area contributed by atoms with Gasteiger partial charge in [0.1, 0.15) is 5.82 Å². The molecule has 2 heterocycles. The van der Waals surface area contributed by atoms with E-state index in [0.29, 0.717) is 30.3 Å². The maximum absolute atomic E-state index is 11.1. The maximum Gasteiger partial charge on any atom is 0.336 e. The predicted molar refractivity (Wildman–Crippen MR) is 98.9 cm³/mol. The van der Waals surface area contributed by atoms with Gasteiger partial charge in [0.15, 0.2) is 0 Å². The molecule has 0 bridgehead atoms. The lowest BCUT2D eigenvalue weighted by atomic mass is 9.81. The Morgan fingerprint density at radius 1 is 1.35 bits per heavy atom. The van der Waals surface area contributed by atoms with E-state index in [1.165, 1.54) is 25.5 Å². The summed E-state index contributed by atoms with van der Waals surface area (Å²) in [5.41, 5.74) is 0. The number of aliphatic hydroxyl groups excluding tert-OH is 1. The monoisotopic (exact) mass is 360 g/mol. The molecule has 3 atom stereocenters. The van der Waals surface area contributed by atoms with Crippen LogP contribution in [-0.2, 0) is 4.79 Å². The van der Waals surface area contributed by atoms with E-state index >= 15 is 0 Å². The van der Waals surface area contributed by atoms with E-state index in [4.69, 9.17) is 4.74 Å². The van der Waals surface area contributed by atoms with Crippen LogP contribution in [0.15, 0.2) is 25.0 Å². The molecule has 1 aliphatic heterocycles. The molecule has 0 aromatic carbocycles. The number of carbonyl (C=O) groups excluding carboxylic acids is 1. The highest BCUT2D eigenvalue weighted by atomic mass is 16.5. The molecule has 142 valence electrons. The Morgan fingerprint density at radius 2 is 2.19 bits per heavy atom. The van der Waals surface area contributed by atoms with Gasteiger partial charge in [0.2, 0.25) is 5.88 Å². The Labute approximate surface area is 154 Å². The van der Waals surface area contributed by atoms with E-state index in [1.807, 2.05) is 0 Å². The highest BCUT2D eigenvalue weighted by molar-refractivity contribution is 5.83. The van der Waals surface area contributed by atoms with E-state index in [-0.39, 0.29) is 5.88 Å². The summed E-state index contributed by atoms with van der Waals surface area (Å²) in [5.74, 6) is 1.52. The molecule has 1 saturated carbocycles. The second-order valence-corrected chi connectivity index (χ2v) is 7.34. The smallest absolute Gasteiger partial charge is 0.336 e. The fraction of sp³-hybridized carbons (Fsp3) is 0.632. The largest absolute Gasteiger partial charge is 0.403 e. The molecule has 3 rings (SSSR count). The highest BCUT2D eigenvalue weighted by Gasteiger charge is 2.28. The van der Waals surface area contributed by atoms with Crippen LogP contribution in [-0.4, -0.2) is 58.2 Å². The van der Waals surface area contributed by atoms with Gasteiger partial charge in [-0.05, 0) is 37.5 Å². The average molecular weight is 360 g/mol. The van der Waals surface area contributed by atoms with Crippen LogP contribution in [0.4, 0.5) is 5.82 Å². The summed E-state index contributed by atoms with van der Waals surface area (Å²) in [5, 5.41) is 12.8. The Morgan fingerprint density at radius 3 is 2.92 bits per heavy atom. The lowest BCUT2D eigenvalue weighted by molar-refractivity contribution is -0.129. The van der Waals surface area contributed by atoms with Crippen LogP contribution in [0.1, 0.15) is 32.1 Å². The first-order chi connectivity index (χ1) is 12.7. The molecule has 1 aromatic heterocycles. The summed E-state index contributed by atoms with van der Waals surface area (Å²) in [4.78, 5) is 22.0. The summed E-state index contributed by atoms with van der Waals surface area (Å²) in [7, 11) is 0. The molecular formula is C19H28N4O3. The van der Waals surface area contributed by atoms with E-state index in [0.717, 1.165) is 38.6 Å². The minimum atomic E-state index is -0.544. The zero-order valence-corrected chi connectivity index (χ0v) is 15.1. The van der Waals surface area contributed by atoms with Gasteiger partial charge in [-0.15, -0.1) is 0 Å². The molecule has 3 unspecified atom stereocenters. The minimum absolute atomic E-state index is 0.171. The number of anilines is 1. The van der Waals surface area contributed by atoms with E-state index in [2.05, 4.69) is 26.8 Å². The summed E-state index contributed by atoms with van der Waals surface area (Å²) >= 11 is 0. The standard InChI is InChI=1S/C19H28N4O3/c1-2-19(25)26-18-10-20-17(9-21-18)22-16-6-7-23(12-16)11-14-4-3-5-15(8-14)13-24/h2,9-10,14-16,24H,1,3-8,11-13H2,(H,20,22). The van der Waals surface area contributed by atoms with Crippen molar-refractivity contribution in [1.29, 1.82) is 0 Å². The first-order valence-corrected chi connectivity index (χ1v) is 9.42. The number of nitrogens with zero attached hydrogens (tertiary/aromatic N) is 3. The average Bonchev–Trinajstić information content (AvgIpc) is 3.10. The predicted octanol–water partition coefficient (Wildman–Crippen LogP) is 1.85. The molecule has 1 saturated heterocycles. The number of aromatic nitrogens is 2. The first-order valence-electron chi connectivity index (χ1n) is 9.42. The van der Waals surface area contributed by atoms with Gasteiger partial charge in [-0.2, -0.15) is 0 Å². The fourth-order valence-corrected chi connectivity index (χ4v) is 4.01. The van der Waals surface area contributed by atoms with Gasteiger partial charge in [0.25, 0.3) is 0 Å². The Kier molecular flexibility index (Phi) is 6.57. The second kappa shape index (κ2) is 9.09. The van der Waals surface area contributed by atoms with Crippen molar-refractivity contribution in [2.45, 2.75) is 38.1 Å². The summed E-state index contributed by atoms with van der Waals surface area (Å²) < 4.78 is 4.92. The number of rotatable bonds is 7. The number of ether oxygens (including phenoxy) is 1. The normalized spacial score (nSPS) is 26.4. The Balaban J connectivity index is 1.44. The van der Waals surface area contributed by atoms with Crippen LogP contribution in [0.2, 0.25) is 0 Å². The van der Waals surface area contributed by atoms with Gasteiger partial charge >= 0.3 is 5.97 Å². The van der Waals surface area contributed by atoms with Gasteiger partial charge in [-0.25, -0.2) is 14.8 Å². The number of carbonyl (C=O) groups is 1. The quantitative estimate of drug-likeness (QED) is 0.567. The zero-order valence-electron chi connectivity index (χ0n) is 15.1. The number of aliphatic hydroxyl groups is 1. The molecular weight excluding hydrogens is 332 g/mol. The van der Waals surface area contributed by atoms with Crippen LogP contribution >= 0.6 is 0 Å². The summed E-state index contributed by atoms with van der Waals surface area (Å²) in [6, 6.07) is 0.350. The summed E-state index contributed by atoms with van der Waals surface area (Å²) in [6.07, 6.45) is 10.0. The lowest BCUT2D eigenvalue weighted by Gasteiger charge is -2.31. The molecule has 0 amide bonds. The topological polar surface area (TPSA) is 87.6 Å². The van der Waals surface area contributed by atoms with Crippen molar-refractivity contribution >= 4 is 11.8 Å². The zero-order chi connectivity index (χ0) is 18.4. The maximum atomic E-state index is 11.1. The molecule has 0 radical (unpaired) electrons. The fourth-order valence-electron chi connectivity index (χ4n) is 4.01. The second-order valence-electron chi connectivity index (χ2n) is 7.34.